The molecule has 5 nitrogen and oxygen atoms in total. The van der Waals surface area contributed by atoms with E-state index in [9.17, 15) is 0 Å². The van der Waals surface area contributed by atoms with Crippen molar-refractivity contribution in [3.05, 3.63) is 34.3 Å². The van der Waals surface area contributed by atoms with E-state index in [1.807, 2.05) is 6.07 Å². The summed E-state index contributed by atoms with van der Waals surface area (Å²) in [4.78, 5) is 11.7. The summed E-state index contributed by atoms with van der Waals surface area (Å²) in [6, 6.07) is 4.76. The number of anilines is 2. The van der Waals surface area contributed by atoms with Crippen LogP contribution < -0.4 is 16.2 Å². The van der Waals surface area contributed by atoms with Crippen LogP contribution in [0, 0.1) is 0 Å². The van der Waals surface area contributed by atoms with Crippen LogP contribution in [0.4, 0.5) is 11.6 Å². The minimum absolute atomic E-state index is 0.527. The lowest BCUT2D eigenvalue weighted by Crippen LogP contribution is -2.26. The van der Waals surface area contributed by atoms with Crippen LogP contribution in [0.5, 0.6) is 0 Å². The van der Waals surface area contributed by atoms with Gasteiger partial charge in [0, 0.05) is 24.6 Å². The minimum Gasteiger partial charge on any atom is -0.349 e. The molecule has 0 atom stereocenters. The molecule has 2 heterocycles. The van der Waals surface area contributed by atoms with Gasteiger partial charge in [-0.2, -0.15) is 11.3 Å². The second kappa shape index (κ2) is 5.27. The van der Waals surface area contributed by atoms with Crippen LogP contribution >= 0.6 is 11.3 Å². The first-order chi connectivity index (χ1) is 10.3. The molecule has 2 aliphatic carbocycles. The maximum Gasteiger partial charge on any atom is 0.145 e. The molecule has 110 valence electrons. The number of thiophene rings is 1. The molecule has 0 saturated heterocycles. The molecule has 0 spiro atoms. The van der Waals surface area contributed by atoms with Gasteiger partial charge in [0.15, 0.2) is 0 Å². The van der Waals surface area contributed by atoms with E-state index in [1.54, 1.807) is 11.3 Å². The molecule has 0 aliphatic heterocycles. The Kier molecular flexibility index (Phi) is 3.27. The maximum absolute atomic E-state index is 5.58. The number of nitrogens with zero attached hydrogens (tertiary/aromatic N) is 3. The molecule has 2 saturated carbocycles. The number of nitrogen functional groups attached to an aromatic ring is 1. The van der Waals surface area contributed by atoms with Crippen molar-refractivity contribution >= 4 is 23.0 Å². The molecule has 0 aromatic carbocycles. The van der Waals surface area contributed by atoms with Crippen molar-refractivity contribution in [3.8, 4) is 0 Å². The summed E-state index contributed by atoms with van der Waals surface area (Å²) in [5, 5.41) is 4.34. The smallest absolute Gasteiger partial charge is 0.145 e. The highest BCUT2D eigenvalue weighted by atomic mass is 32.1. The van der Waals surface area contributed by atoms with E-state index in [2.05, 4.69) is 32.1 Å². The van der Waals surface area contributed by atoms with Crippen LogP contribution in [0.25, 0.3) is 0 Å². The van der Waals surface area contributed by atoms with Gasteiger partial charge in [0.1, 0.15) is 17.5 Å². The van der Waals surface area contributed by atoms with Crippen LogP contribution in [-0.2, 0) is 6.54 Å². The number of hydrazine groups is 1. The van der Waals surface area contributed by atoms with Crippen molar-refractivity contribution in [2.75, 3.05) is 10.3 Å². The molecule has 2 aromatic rings. The standard InChI is InChI=1S/C15H19N5S/c16-19-13-7-14(18-15(17-13)11-1-2-11)20(12-3-4-12)8-10-5-6-21-9-10/h5-7,9,11-12H,1-4,8,16H2,(H,17,18,19). The van der Waals surface area contributed by atoms with E-state index in [0.717, 1.165) is 24.0 Å². The number of hydrogen-bond donors (Lipinski definition) is 2. The van der Waals surface area contributed by atoms with Gasteiger partial charge >= 0.3 is 0 Å². The second-order valence-corrected chi connectivity index (χ2v) is 6.66. The predicted octanol–water partition coefficient (Wildman–Crippen LogP) is 2.87. The molecule has 2 aliphatic rings. The zero-order chi connectivity index (χ0) is 14.2. The largest absolute Gasteiger partial charge is 0.349 e. The fraction of sp³-hybridized carbons (Fsp3) is 0.467. The topological polar surface area (TPSA) is 67.1 Å². The molecule has 0 radical (unpaired) electrons. The quantitative estimate of drug-likeness (QED) is 0.634. The van der Waals surface area contributed by atoms with E-state index in [1.165, 1.54) is 31.2 Å². The minimum atomic E-state index is 0.527. The van der Waals surface area contributed by atoms with E-state index < -0.39 is 0 Å². The Morgan fingerprint density at radius 1 is 1.29 bits per heavy atom. The third-order valence-corrected chi connectivity index (χ3v) is 4.77. The maximum atomic E-state index is 5.58. The fourth-order valence-electron chi connectivity index (χ4n) is 2.56. The molecular weight excluding hydrogens is 282 g/mol. The molecule has 21 heavy (non-hydrogen) atoms. The van der Waals surface area contributed by atoms with Gasteiger partial charge in [-0.15, -0.1) is 0 Å². The van der Waals surface area contributed by atoms with Gasteiger partial charge in [-0.25, -0.2) is 15.8 Å². The van der Waals surface area contributed by atoms with Crippen molar-refractivity contribution in [1.29, 1.82) is 0 Å². The Hall–Kier alpha value is -1.66. The lowest BCUT2D eigenvalue weighted by molar-refractivity contribution is 0.766. The fourth-order valence-corrected chi connectivity index (χ4v) is 3.22. The lowest BCUT2D eigenvalue weighted by Gasteiger charge is -2.24. The van der Waals surface area contributed by atoms with Crippen molar-refractivity contribution in [1.82, 2.24) is 9.97 Å². The third-order valence-electron chi connectivity index (χ3n) is 4.04. The first kappa shape index (κ1) is 13.0. The summed E-state index contributed by atoms with van der Waals surface area (Å²) < 4.78 is 0. The van der Waals surface area contributed by atoms with Gasteiger partial charge in [0.05, 0.1) is 0 Å². The molecule has 2 aromatic heterocycles. The van der Waals surface area contributed by atoms with Crippen LogP contribution in [0.3, 0.4) is 0 Å². The number of rotatable bonds is 6. The first-order valence-corrected chi connectivity index (χ1v) is 8.41. The molecular formula is C15H19N5S. The lowest BCUT2D eigenvalue weighted by atomic mass is 10.3. The van der Waals surface area contributed by atoms with E-state index >= 15 is 0 Å². The van der Waals surface area contributed by atoms with E-state index in [4.69, 9.17) is 10.8 Å². The molecule has 0 unspecified atom stereocenters. The zero-order valence-electron chi connectivity index (χ0n) is 11.8. The molecule has 4 rings (SSSR count). The van der Waals surface area contributed by atoms with Crippen LogP contribution in [0.2, 0.25) is 0 Å². The molecule has 6 heteroatoms. The number of nitrogens with one attached hydrogen (secondary N) is 1. The van der Waals surface area contributed by atoms with Crippen molar-refractivity contribution in [2.24, 2.45) is 5.84 Å². The van der Waals surface area contributed by atoms with Gasteiger partial charge in [0.25, 0.3) is 0 Å². The normalized spacial score (nSPS) is 17.8. The summed E-state index contributed by atoms with van der Waals surface area (Å²) >= 11 is 1.74. The summed E-state index contributed by atoms with van der Waals surface area (Å²) in [7, 11) is 0. The van der Waals surface area contributed by atoms with Gasteiger partial charge in [-0.05, 0) is 48.1 Å². The molecule has 3 N–H and O–H groups in total. The van der Waals surface area contributed by atoms with Crippen LogP contribution in [-0.4, -0.2) is 16.0 Å². The highest BCUT2D eigenvalue weighted by Gasteiger charge is 2.32. The highest BCUT2D eigenvalue weighted by Crippen LogP contribution is 2.40. The van der Waals surface area contributed by atoms with Gasteiger partial charge in [-0.1, -0.05) is 0 Å². The van der Waals surface area contributed by atoms with Gasteiger partial charge < -0.3 is 10.3 Å². The number of hydrogen-bond acceptors (Lipinski definition) is 6. The third kappa shape index (κ3) is 2.87. The number of aromatic nitrogens is 2. The average Bonchev–Trinajstić information content (AvgIpc) is 3.43. The Bertz CT molecular complexity index is 619. The second-order valence-electron chi connectivity index (χ2n) is 5.88. The van der Waals surface area contributed by atoms with E-state index in [-0.39, 0.29) is 0 Å². The summed E-state index contributed by atoms with van der Waals surface area (Å²) in [5.41, 5.74) is 4.04. The Balaban J connectivity index is 1.66. The van der Waals surface area contributed by atoms with Crippen molar-refractivity contribution < 1.29 is 0 Å². The number of nitrogens with two attached hydrogens (primary N) is 1. The zero-order valence-corrected chi connectivity index (χ0v) is 12.6. The van der Waals surface area contributed by atoms with Gasteiger partial charge in [-0.3, -0.25) is 0 Å². The molecule has 0 amide bonds. The summed E-state index contributed by atoms with van der Waals surface area (Å²) in [6.45, 7) is 0.916. The molecule has 0 bridgehead atoms. The Labute approximate surface area is 128 Å². The van der Waals surface area contributed by atoms with Crippen LogP contribution in [0.1, 0.15) is 43.0 Å². The summed E-state index contributed by atoms with van der Waals surface area (Å²) in [6.07, 6.45) is 4.89. The van der Waals surface area contributed by atoms with Crippen LogP contribution in [0.15, 0.2) is 22.9 Å². The predicted molar refractivity (Wildman–Crippen MR) is 85.3 cm³/mol. The highest BCUT2D eigenvalue weighted by molar-refractivity contribution is 7.07. The van der Waals surface area contributed by atoms with Crippen molar-refractivity contribution in [3.63, 3.8) is 0 Å². The van der Waals surface area contributed by atoms with Gasteiger partial charge in [0.2, 0.25) is 0 Å². The monoisotopic (exact) mass is 301 g/mol. The first-order valence-electron chi connectivity index (χ1n) is 7.47. The SMILES string of the molecule is NNc1cc(N(Cc2ccsc2)C2CC2)nc(C2CC2)n1. The Morgan fingerprint density at radius 2 is 2.14 bits per heavy atom. The Morgan fingerprint density at radius 3 is 2.76 bits per heavy atom. The van der Waals surface area contributed by atoms with Crippen molar-refractivity contribution in [2.45, 2.75) is 44.2 Å². The van der Waals surface area contributed by atoms with E-state index in [0.29, 0.717) is 12.0 Å². The average molecular weight is 301 g/mol. The molecule has 2 fully saturated rings. The summed E-state index contributed by atoms with van der Waals surface area (Å²) in [5.74, 6) is 8.78.